The highest BCUT2D eigenvalue weighted by Crippen LogP contribution is 2.26. The second-order valence-corrected chi connectivity index (χ2v) is 7.15. The van der Waals surface area contributed by atoms with Crippen molar-refractivity contribution in [1.82, 2.24) is 4.90 Å². The zero-order valence-corrected chi connectivity index (χ0v) is 16.9. The highest BCUT2D eigenvalue weighted by Gasteiger charge is 2.34. The number of urea groups is 1. The lowest BCUT2D eigenvalue weighted by molar-refractivity contribution is -0.125. The van der Waals surface area contributed by atoms with Crippen LogP contribution in [0, 0.1) is 6.92 Å². The van der Waals surface area contributed by atoms with Crippen molar-refractivity contribution < 1.29 is 19.1 Å². The van der Waals surface area contributed by atoms with Crippen molar-refractivity contribution in [2.45, 2.75) is 13.3 Å². The molecular weight excluding hydrogens is 426 g/mol. The molecule has 0 fully saturated rings. The maximum Gasteiger partial charge on any atom is 0.351 e. The lowest BCUT2D eigenvalue weighted by atomic mass is 10.1. The van der Waals surface area contributed by atoms with Crippen molar-refractivity contribution in [3.63, 3.8) is 0 Å². The summed E-state index contributed by atoms with van der Waals surface area (Å²) in [5.74, 6) is -0.362. The zero-order chi connectivity index (χ0) is 20.3. The molecule has 1 aliphatic rings. The van der Waals surface area contributed by atoms with Crippen LogP contribution < -0.4 is 10.1 Å². The van der Waals surface area contributed by atoms with E-state index < -0.39 is 17.8 Å². The minimum Gasteiger partial charge on any atom is -0.496 e. The van der Waals surface area contributed by atoms with Gasteiger partial charge in [0.05, 0.1) is 11.6 Å². The molecule has 1 N–H and O–H groups in total. The van der Waals surface area contributed by atoms with Crippen LogP contribution in [0.15, 0.2) is 51.9 Å². The van der Waals surface area contributed by atoms with Crippen LogP contribution in [-0.2, 0) is 16.0 Å². The van der Waals surface area contributed by atoms with Crippen LogP contribution in [0.4, 0.5) is 10.5 Å². The van der Waals surface area contributed by atoms with E-state index in [9.17, 15) is 14.4 Å². The number of methoxy groups -OCH3 is 1. The molecule has 0 atom stereocenters. The number of ether oxygens (including phenoxy) is 1. The van der Waals surface area contributed by atoms with Crippen LogP contribution in [0.2, 0.25) is 0 Å². The van der Waals surface area contributed by atoms with Crippen molar-refractivity contribution in [3.8, 4) is 5.75 Å². The number of halogens is 1. The molecule has 28 heavy (non-hydrogen) atoms. The number of imide groups is 1. The fourth-order valence-corrected chi connectivity index (χ4v) is 3.30. The summed E-state index contributed by atoms with van der Waals surface area (Å²) in [6, 6.07) is 11.8. The Morgan fingerprint density at radius 3 is 2.54 bits per heavy atom. The van der Waals surface area contributed by atoms with E-state index in [1.54, 1.807) is 37.4 Å². The minimum atomic E-state index is -0.730. The molecule has 1 heterocycles. The highest BCUT2D eigenvalue weighted by molar-refractivity contribution is 9.10. The molecule has 4 amide bonds. The Morgan fingerprint density at radius 1 is 1.18 bits per heavy atom. The molecule has 8 heteroatoms. The van der Waals surface area contributed by atoms with Crippen molar-refractivity contribution in [3.05, 3.63) is 58.1 Å². The Balaban J connectivity index is 1.63. The molecule has 1 aliphatic heterocycles. The number of carbonyl (C=O) groups excluding carboxylic acids is 3. The Bertz CT molecular complexity index is 970. The molecule has 0 radical (unpaired) electrons. The molecule has 0 spiro atoms. The van der Waals surface area contributed by atoms with Gasteiger partial charge in [0.2, 0.25) is 5.91 Å². The standard InChI is InChI=1S/C20H18BrN3O4/c1-12-3-6-14(7-4-12)22-18(25)11-24-19(26)16(23-20(24)27)10-13-5-8-17(28-2)15(21)9-13/h3-9H,10-11H2,1-2H3,(H,22,25). The Hall–Kier alpha value is -3.00. The Morgan fingerprint density at radius 2 is 1.89 bits per heavy atom. The molecule has 2 aromatic rings. The summed E-state index contributed by atoms with van der Waals surface area (Å²) in [5, 5.41) is 2.67. The van der Waals surface area contributed by atoms with Gasteiger partial charge in [-0.1, -0.05) is 23.8 Å². The lowest BCUT2D eigenvalue weighted by Gasteiger charge is -2.13. The number of nitrogens with zero attached hydrogens (tertiary/aromatic N) is 2. The molecule has 0 aromatic heterocycles. The Labute approximate surface area is 170 Å². The van der Waals surface area contributed by atoms with Crippen LogP contribution in [0.5, 0.6) is 5.75 Å². The van der Waals surface area contributed by atoms with Gasteiger partial charge in [-0.15, -0.1) is 0 Å². The quantitative estimate of drug-likeness (QED) is 0.741. The molecule has 0 saturated carbocycles. The third kappa shape index (κ3) is 4.45. The topological polar surface area (TPSA) is 88.1 Å². The normalized spacial score (nSPS) is 13.5. The summed E-state index contributed by atoms with van der Waals surface area (Å²) in [6.45, 7) is 1.55. The van der Waals surface area contributed by atoms with Gasteiger partial charge >= 0.3 is 6.03 Å². The molecule has 7 nitrogen and oxygen atoms in total. The first kappa shape index (κ1) is 19.8. The molecule has 2 aromatic carbocycles. The second-order valence-electron chi connectivity index (χ2n) is 6.29. The van der Waals surface area contributed by atoms with E-state index in [0.717, 1.165) is 20.5 Å². The van der Waals surface area contributed by atoms with E-state index in [2.05, 4.69) is 26.2 Å². The molecule has 0 saturated heterocycles. The molecule has 0 unspecified atom stereocenters. The van der Waals surface area contributed by atoms with E-state index in [1.165, 1.54) is 0 Å². The maximum absolute atomic E-state index is 12.5. The van der Waals surface area contributed by atoms with E-state index in [1.807, 2.05) is 19.1 Å². The number of benzene rings is 2. The van der Waals surface area contributed by atoms with Crippen molar-refractivity contribution in [2.24, 2.45) is 4.99 Å². The largest absolute Gasteiger partial charge is 0.496 e. The summed E-state index contributed by atoms with van der Waals surface area (Å²) < 4.78 is 5.91. The molecule has 0 aliphatic carbocycles. The fraction of sp³-hybridized carbons (Fsp3) is 0.200. The van der Waals surface area contributed by atoms with Crippen molar-refractivity contribution in [1.29, 1.82) is 0 Å². The van der Waals surface area contributed by atoms with Gasteiger partial charge in [0.25, 0.3) is 5.91 Å². The number of aliphatic imine (C=N–C) groups is 1. The smallest absolute Gasteiger partial charge is 0.351 e. The summed E-state index contributed by atoms with van der Waals surface area (Å²) in [5.41, 5.74) is 2.55. The van der Waals surface area contributed by atoms with Gasteiger partial charge in [0.15, 0.2) is 0 Å². The average Bonchev–Trinajstić information content (AvgIpc) is 2.91. The summed E-state index contributed by atoms with van der Waals surface area (Å²) >= 11 is 3.38. The van der Waals surface area contributed by atoms with Gasteiger partial charge in [-0.3, -0.25) is 9.59 Å². The maximum atomic E-state index is 12.5. The second kappa shape index (κ2) is 8.35. The van der Waals surface area contributed by atoms with E-state index in [4.69, 9.17) is 4.74 Å². The van der Waals surface area contributed by atoms with Gasteiger partial charge in [-0.2, -0.15) is 4.99 Å². The number of hydrogen-bond acceptors (Lipinski definition) is 4. The first-order chi connectivity index (χ1) is 13.4. The highest BCUT2D eigenvalue weighted by atomic mass is 79.9. The van der Waals surface area contributed by atoms with Gasteiger partial charge in [-0.25, -0.2) is 9.69 Å². The summed E-state index contributed by atoms with van der Waals surface area (Å²) in [7, 11) is 1.56. The number of amides is 4. The number of hydrogen-bond donors (Lipinski definition) is 1. The number of anilines is 1. The predicted molar refractivity (Wildman–Crippen MR) is 109 cm³/mol. The third-order valence-corrected chi connectivity index (χ3v) is 4.80. The summed E-state index contributed by atoms with van der Waals surface area (Å²) in [6.07, 6.45) is 0.184. The van der Waals surface area contributed by atoms with Crippen molar-refractivity contribution in [2.75, 3.05) is 19.0 Å². The van der Waals surface area contributed by atoms with Crippen LogP contribution >= 0.6 is 15.9 Å². The first-order valence-corrected chi connectivity index (χ1v) is 9.29. The third-order valence-electron chi connectivity index (χ3n) is 4.18. The van der Waals surface area contributed by atoms with Gasteiger partial charge < -0.3 is 10.1 Å². The van der Waals surface area contributed by atoms with E-state index in [0.29, 0.717) is 11.4 Å². The first-order valence-electron chi connectivity index (χ1n) is 8.49. The van der Waals surface area contributed by atoms with Gasteiger partial charge in [-0.05, 0) is 52.7 Å². The molecule has 0 bridgehead atoms. The number of nitrogens with one attached hydrogen (secondary N) is 1. The number of rotatable bonds is 6. The summed E-state index contributed by atoms with van der Waals surface area (Å²) in [4.78, 5) is 41.5. The van der Waals surface area contributed by atoms with Crippen molar-refractivity contribution >= 4 is 45.2 Å². The lowest BCUT2D eigenvalue weighted by Crippen LogP contribution is -2.39. The van der Waals surface area contributed by atoms with E-state index >= 15 is 0 Å². The van der Waals surface area contributed by atoms with Crippen LogP contribution in [0.1, 0.15) is 11.1 Å². The molecule has 3 rings (SSSR count). The average molecular weight is 444 g/mol. The predicted octanol–water partition coefficient (Wildman–Crippen LogP) is 3.35. The monoisotopic (exact) mass is 443 g/mol. The fourth-order valence-electron chi connectivity index (χ4n) is 2.72. The van der Waals surface area contributed by atoms with Crippen LogP contribution in [-0.4, -0.2) is 42.1 Å². The van der Waals surface area contributed by atoms with Gasteiger partial charge in [0.1, 0.15) is 18.0 Å². The SMILES string of the molecule is COc1ccc(CC2=NC(=O)N(CC(=O)Nc3ccc(C)cc3)C2=O)cc1Br. The van der Waals surface area contributed by atoms with Gasteiger partial charge in [0, 0.05) is 12.1 Å². The Kier molecular flexibility index (Phi) is 5.89. The number of aryl methyl sites for hydroxylation is 1. The zero-order valence-electron chi connectivity index (χ0n) is 15.4. The van der Waals surface area contributed by atoms with E-state index in [-0.39, 0.29) is 18.7 Å². The van der Waals surface area contributed by atoms with Crippen LogP contribution in [0.25, 0.3) is 0 Å². The van der Waals surface area contributed by atoms with Crippen LogP contribution in [0.3, 0.4) is 0 Å². The number of carbonyl (C=O) groups is 3. The molecule has 144 valence electrons. The minimum absolute atomic E-state index is 0.102. The molecular formula is C20H18BrN3O4.